The van der Waals surface area contributed by atoms with Crippen LogP contribution in [0.4, 0.5) is 8.78 Å². The van der Waals surface area contributed by atoms with Crippen LogP contribution in [0.15, 0.2) is 29.2 Å². The van der Waals surface area contributed by atoms with E-state index >= 15 is 0 Å². The summed E-state index contributed by atoms with van der Waals surface area (Å²) in [6.07, 6.45) is 2.07. The highest BCUT2D eigenvalue weighted by Gasteiger charge is 2.23. The van der Waals surface area contributed by atoms with Gasteiger partial charge in [-0.1, -0.05) is 11.8 Å². The number of rotatable bonds is 4. The van der Waals surface area contributed by atoms with Crippen molar-refractivity contribution in [2.45, 2.75) is 29.5 Å². The summed E-state index contributed by atoms with van der Waals surface area (Å²) in [5, 5.41) is 2.84. The van der Waals surface area contributed by atoms with Gasteiger partial charge in [-0.15, -0.1) is 0 Å². The Kier molecular flexibility index (Phi) is 3.43. The first-order valence-electron chi connectivity index (χ1n) is 5.01. The molecule has 0 aliphatic heterocycles. The van der Waals surface area contributed by atoms with Crippen LogP contribution in [-0.4, -0.2) is 17.7 Å². The van der Waals surface area contributed by atoms with Crippen LogP contribution in [-0.2, 0) is 0 Å². The summed E-state index contributed by atoms with van der Waals surface area (Å²) < 4.78 is 24.1. The Balaban J connectivity index is 1.97. The lowest BCUT2D eigenvalue weighted by Crippen LogP contribution is -2.25. The van der Waals surface area contributed by atoms with Gasteiger partial charge in [0.25, 0.3) is 11.7 Å². The Bertz CT molecular complexity index is 376. The average Bonchev–Trinajstić information content (AvgIpc) is 3.01. The zero-order chi connectivity index (χ0) is 11.5. The van der Waals surface area contributed by atoms with Crippen LogP contribution < -0.4 is 5.32 Å². The molecule has 0 aromatic heterocycles. The van der Waals surface area contributed by atoms with Gasteiger partial charge in [0.15, 0.2) is 0 Å². The third kappa shape index (κ3) is 3.20. The van der Waals surface area contributed by atoms with Crippen LogP contribution in [0.5, 0.6) is 0 Å². The molecule has 0 saturated heterocycles. The highest BCUT2D eigenvalue weighted by Crippen LogP contribution is 2.25. The minimum absolute atomic E-state index is 0.129. The quantitative estimate of drug-likeness (QED) is 0.824. The predicted octanol–water partition coefficient (Wildman–Crippen LogP) is 2.89. The van der Waals surface area contributed by atoms with Crippen molar-refractivity contribution < 1.29 is 13.6 Å². The molecule has 5 heteroatoms. The van der Waals surface area contributed by atoms with Crippen molar-refractivity contribution in [3.63, 3.8) is 0 Å². The number of amides is 1. The standard InChI is InChI=1S/C11H11F2NOS/c12-11(13)16-9-5-1-7(2-6-9)10(15)14-8-3-4-8/h1-2,5-6,8,11H,3-4H2,(H,14,15). The van der Waals surface area contributed by atoms with Gasteiger partial charge in [0.05, 0.1) is 0 Å². The number of nitrogens with one attached hydrogen (secondary N) is 1. The summed E-state index contributed by atoms with van der Waals surface area (Å²) in [5.41, 5.74) is 0.519. The zero-order valence-electron chi connectivity index (χ0n) is 8.45. The number of carbonyl (C=O) groups excluding carboxylic acids is 1. The first-order chi connectivity index (χ1) is 7.65. The number of thioether (sulfide) groups is 1. The van der Waals surface area contributed by atoms with Gasteiger partial charge < -0.3 is 5.32 Å². The van der Waals surface area contributed by atoms with Crippen LogP contribution >= 0.6 is 11.8 Å². The Morgan fingerprint density at radius 3 is 2.44 bits per heavy atom. The molecule has 2 nitrogen and oxygen atoms in total. The first-order valence-corrected chi connectivity index (χ1v) is 5.89. The summed E-state index contributed by atoms with van der Waals surface area (Å²) in [4.78, 5) is 12.0. The summed E-state index contributed by atoms with van der Waals surface area (Å²) in [7, 11) is 0. The molecule has 0 unspecified atom stereocenters. The van der Waals surface area contributed by atoms with Crippen LogP contribution in [0, 0.1) is 0 Å². The van der Waals surface area contributed by atoms with E-state index in [1.54, 1.807) is 24.3 Å². The third-order valence-corrected chi connectivity index (χ3v) is 2.98. The lowest BCUT2D eigenvalue weighted by Gasteiger charge is -2.04. The Morgan fingerprint density at radius 1 is 1.31 bits per heavy atom. The van der Waals surface area contributed by atoms with Crippen LogP contribution in [0.2, 0.25) is 0 Å². The predicted molar refractivity (Wildman–Crippen MR) is 58.8 cm³/mol. The van der Waals surface area contributed by atoms with Crippen molar-refractivity contribution in [2.75, 3.05) is 0 Å². The minimum Gasteiger partial charge on any atom is -0.349 e. The van der Waals surface area contributed by atoms with Crippen molar-refractivity contribution in [3.05, 3.63) is 29.8 Å². The molecule has 0 radical (unpaired) electrons. The zero-order valence-corrected chi connectivity index (χ0v) is 9.27. The molecule has 1 amide bonds. The van der Waals surface area contributed by atoms with E-state index < -0.39 is 5.76 Å². The van der Waals surface area contributed by atoms with E-state index in [1.807, 2.05) is 0 Å². The highest BCUT2D eigenvalue weighted by molar-refractivity contribution is 7.99. The SMILES string of the molecule is O=C(NC1CC1)c1ccc(SC(F)F)cc1. The molecule has 1 aliphatic carbocycles. The van der Waals surface area contributed by atoms with Crippen molar-refractivity contribution in [3.8, 4) is 0 Å². The van der Waals surface area contributed by atoms with Crippen molar-refractivity contribution >= 4 is 17.7 Å². The van der Waals surface area contributed by atoms with Crippen LogP contribution in [0.25, 0.3) is 0 Å². The van der Waals surface area contributed by atoms with Gasteiger partial charge in [-0.25, -0.2) is 0 Å². The molecule has 0 atom stereocenters. The number of hydrogen-bond donors (Lipinski definition) is 1. The molecule has 1 aliphatic rings. The number of benzene rings is 1. The number of hydrogen-bond acceptors (Lipinski definition) is 2. The maximum atomic E-state index is 12.0. The number of halogens is 2. The molecule has 86 valence electrons. The van der Waals surface area contributed by atoms with Gasteiger partial charge in [-0.05, 0) is 37.1 Å². The van der Waals surface area contributed by atoms with Crippen molar-refractivity contribution in [1.82, 2.24) is 5.32 Å². The van der Waals surface area contributed by atoms with Gasteiger partial charge >= 0.3 is 0 Å². The summed E-state index contributed by atoms with van der Waals surface area (Å²) in [5.74, 6) is -2.55. The molecule has 2 rings (SSSR count). The molecule has 0 spiro atoms. The molecule has 1 N–H and O–H groups in total. The molecule has 1 aromatic carbocycles. The molecule has 16 heavy (non-hydrogen) atoms. The molecule has 1 aromatic rings. The Hall–Kier alpha value is -1.10. The fourth-order valence-electron chi connectivity index (χ4n) is 1.28. The van der Waals surface area contributed by atoms with Gasteiger partial charge in [-0.2, -0.15) is 8.78 Å². The Labute approximate surface area is 96.4 Å². The number of alkyl halides is 2. The maximum absolute atomic E-state index is 12.0. The summed E-state index contributed by atoms with van der Waals surface area (Å²) in [6, 6.07) is 6.53. The highest BCUT2D eigenvalue weighted by atomic mass is 32.2. The monoisotopic (exact) mass is 243 g/mol. The molecule has 0 bridgehead atoms. The van der Waals surface area contributed by atoms with Crippen LogP contribution in [0.3, 0.4) is 0 Å². The maximum Gasteiger partial charge on any atom is 0.288 e. The normalized spacial score (nSPS) is 15.2. The second-order valence-electron chi connectivity index (χ2n) is 3.65. The fraction of sp³-hybridized carbons (Fsp3) is 0.364. The van der Waals surface area contributed by atoms with E-state index in [0.29, 0.717) is 28.3 Å². The largest absolute Gasteiger partial charge is 0.349 e. The second kappa shape index (κ2) is 4.82. The smallest absolute Gasteiger partial charge is 0.288 e. The van der Waals surface area contributed by atoms with E-state index in [4.69, 9.17) is 0 Å². The molecule has 0 heterocycles. The van der Waals surface area contributed by atoms with Crippen LogP contribution in [0.1, 0.15) is 23.2 Å². The van der Waals surface area contributed by atoms with E-state index in [9.17, 15) is 13.6 Å². The van der Waals surface area contributed by atoms with Gasteiger partial charge in [0.2, 0.25) is 0 Å². The van der Waals surface area contributed by atoms with Gasteiger partial charge in [0, 0.05) is 16.5 Å². The first kappa shape index (κ1) is 11.4. The molecular weight excluding hydrogens is 232 g/mol. The van der Waals surface area contributed by atoms with Gasteiger partial charge in [-0.3, -0.25) is 4.79 Å². The summed E-state index contributed by atoms with van der Waals surface area (Å²) in [6.45, 7) is 0. The van der Waals surface area contributed by atoms with Gasteiger partial charge in [0.1, 0.15) is 0 Å². The van der Waals surface area contributed by atoms with E-state index in [1.165, 1.54) is 0 Å². The number of carbonyl (C=O) groups is 1. The third-order valence-electron chi connectivity index (χ3n) is 2.25. The second-order valence-corrected chi connectivity index (χ2v) is 4.71. The lowest BCUT2D eigenvalue weighted by atomic mass is 10.2. The van der Waals surface area contributed by atoms with Crippen molar-refractivity contribution in [1.29, 1.82) is 0 Å². The average molecular weight is 243 g/mol. The summed E-state index contributed by atoms with van der Waals surface area (Å²) >= 11 is 0.480. The molecule has 1 fully saturated rings. The minimum atomic E-state index is -2.42. The van der Waals surface area contributed by atoms with E-state index in [0.717, 1.165) is 12.8 Å². The van der Waals surface area contributed by atoms with E-state index in [-0.39, 0.29) is 5.91 Å². The Morgan fingerprint density at radius 2 is 1.94 bits per heavy atom. The lowest BCUT2D eigenvalue weighted by molar-refractivity contribution is 0.0951. The molecule has 1 saturated carbocycles. The fourth-order valence-corrected chi connectivity index (χ4v) is 1.78. The topological polar surface area (TPSA) is 29.1 Å². The molecular formula is C11H11F2NOS. The van der Waals surface area contributed by atoms with Crippen molar-refractivity contribution in [2.24, 2.45) is 0 Å². The van der Waals surface area contributed by atoms with E-state index in [2.05, 4.69) is 5.32 Å².